The topological polar surface area (TPSA) is 66.8 Å². The van der Waals surface area contributed by atoms with E-state index in [-0.39, 0.29) is 24.1 Å². The van der Waals surface area contributed by atoms with Crippen LogP contribution in [-0.4, -0.2) is 41.6 Å². The molecule has 1 amide bonds. The highest BCUT2D eigenvalue weighted by atomic mass is 35.5. The van der Waals surface area contributed by atoms with Crippen LogP contribution in [0.25, 0.3) is 0 Å². The van der Waals surface area contributed by atoms with Crippen LogP contribution in [-0.2, 0) is 9.59 Å². The van der Waals surface area contributed by atoms with Crippen LogP contribution < -0.4 is 4.74 Å². The maximum atomic E-state index is 12.7. The Labute approximate surface area is 134 Å². The van der Waals surface area contributed by atoms with Gasteiger partial charge in [0.25, 0.3) is 0 Å². The zero-order valence-corrected chi connectivity index (χ0v) is 12.9. The first kappa shape index (κ1) is 18.2. The third-order valence-corrected chi connectivity index (χ3v) is 3.51. The second-order valence-electron chi connectivity index (χ2n) is 5.07. The van der Waals surface area contributed by atoms with Crippen molar-refractivity contribution in [2.75, 3.05) is 19.7 Å². The predicted molar refractivity (Wildman–Crippen MR) is 80.7 cm³/mol. The molecule has 1 aliphatic rings. The highest BCUT2D eigenvalue weighted by Crippen LogP contribution is 2.18. The minimum absolute atomic E-state index is 0. The molecule has 1 unspecified atom stereocenters. The minimum atomic E-state index is -0.843. The first-order valence-electron chi connectivity index (χ1n) is 6.95. The van der Waals surface area contributed by atoms with Gasteiger partial charge in [-0.2, -0.15) is 0 Å². The third-order valence-electron chi connectivity index (χ3n) is 3.51. The Balaban J connectivity index is 0.00000242. The Hall–Kier alpha value is -1.82. The smallest absolute Gasteiger partial charge is 0.308 e. The van der Waals surface area contributed by atoms with Crippen molar-refractivity contribution >= 4 is 24.3 Å². The first-order valence-corrected chi connectivity index (χ1v) is 6.95. The second-order valence-corrected chi connectivity index (χ2v) is 5.07. The Kier molecular flexibility index (Phi) is 7.11. The molecule has 0 aliphatic carbocycles. The lowest BCUT2D eigenvalue weighted by atomic mass is 10.1. The molecule has 1 fully saturated rings. The molecule has 0 spiro atoms. The molecular weight excluding hydrogens is 313 g/mol. The van der Waals surface area contributed by atoms with Crippen LogP contribution in [0.2, 0.25) is 0 Å². The number of ether oxygens (including phenoxy) is 1. The van der Waals surface area contributed by atoms with E-state index in [1.165, 1.54) is 24.3 Å². The van der Waals surface area contributed by atoms with Crippen molar-refractivity contribution in [3.8, 4) is 5.75 Å². The monoisotopic (exact) mass is 331 g/mol. The average Bonchev–Trinajstić information content (AvgIpc) is 2.95. The molecule has 1 aliphatic heterocycles. The highest BCUT2D eigenvalue weighted by molar-refractivity contribution is 5.85. The summed E-state index contributed by atoms with van der Waals surface area (Å²) in [4.78, 5) is 24.3. The van der Waals surface area contributed by atoms with E-state index in [0.717, 1.165) is 0 Å². The number of carboxylic acids is 1. The maximum absolute atomic E-state index is 12.7. The second kappa shape index (κ2) is 8.58. The van der Waals surface area contributed by atoms with Gasteiger partial charge in [-0.15, -0.1) is 12.4 Å². The number of benzene rings is 1. The Morgan fingerprint density at radius 1 is 1.32 bits per heavy atom. The van der Waals surface area contributed by atoms with Crippen LogP contribution in [0, 0.1) is 11.7 Å². The number of hydrogen-bond acceptors (Lipinski definition) is 3. The quantitative estimate of drug-likeness (QED) is 0.812. The zero-order chi connectivity index (χ0) is 15.2. The number of halogens is 2. The minimum Gasteiger partial charge on any atom is -0.494 e. The fourth-order valence-electron chi connectivity index (χ4n) is 2.29. The van der Waals surface area contributed by atoms with Gasteiger partial charge in [0, 0.05) is 19.5 Å². The largest absolute Gasteiger partial charge is 0.494 e. The van der Waals surface area contributed by atoms with Crippen molar-refractivity contribution in [1.29, 1.82) is 0 Å². The number of aliphatic carboxylic acids is 1. The standard InChI is InChI=1S/C15H18FNO4.ClH/c16-12-3-5-13(6-4-12)21-9-1-2-14(18)17-8-7-11(10-17)15(19)20;/h3-6,11H,1-2,7-10H2,(H,19,20);1H. The van der Waals surface area contributed by atoms with E-state index in [9.17, 15) is 14.0 Å². The molecule has 1 heterocycles. The van der Waals surface area contributed by atoms with Crippen LogP contribution >= 0.6 is 12.4 Å². The Bertz CT molecular complexity index is 509. The van der Waals surface area contributed by atoms with Crippen LogP contribution in [0.5, 0.6) is 5.75 Å². The average molecular weight is 332 g/mol. The normalized spacial score (nSPS) is 17.0. The molecule has 1 aromatic rings. The van der Waals surface area contributed by atoms with Gasteiger partial charge in [0.2, 0.25) is 5.91 Å². The number of carbonyl (C=O) groups excluding carboxylic acids is 1. The van der Waals surface area contributed by atoms with Crippen molar-refractivity contribution < 1.29 is 23.8 Å². The van der Waals surface area contributed by atoms with E-state index in [2.05, 4.69) is 0 Å². The molecule has 122 valence electrons. The fraction of sp³-hybridized carbons (Fsp3) is 0.467. The lowest BCUT2D eigenvalue weighted by molar-refractivity contribution is -0.141. The third kappa shape index (κ3) is 5.18. The Morgan fingerprint density at radius 3 is 2.59 bits per heavy atom. The van der Waals surface area contributed by atoms with E-state index in [0.29, 0.717) is 44.7 Å². The number of carboxylic acid groups (broad SMARTS) is 1. The summed E-state index contributed by atoms with van der Waals surface area (Å²) in [6.45, 7) is 1.18. The van der Waals surface area contributed by atoms with Crippen LogP contribution in [0.15, 0.2) is 24.3 Å². The summed E-state index contributed by atoms with van der Waals surface area (Å²) < 4.78 is 18.1. The molecule has 1 N–H and O–H groups in total. The number of hydrogen-bond donors (Lipinski definition) is 1. The zero-order valence-electron chi connectivity index (χ0n) is 12.0. The fourth-order valence-corrected chi connectivity index (χ4v) is 2.29. The summed E-state index contributed by atoms with van der Waals surface area (Å²) in [5.74, 6) is -1.08. The van der Waals surface area contributed by atoms with E-state index in [1.54, 1.807) is 4.90 Å². The van der Waals surface area contributed by atoms with Crippen molar-refractivity contribution in [2.24, 2.45) is 5.92 Å². The summed E-state index contributed by atoms with van der Waals surface area (Å²) in [7, 11) is 0. The van der Waals surface area contributed by atoms with Crippen molar-refractivity contribution in [1.82, 2.24) is 4.90 Å². The molecule has 0 aromatic heterocycles. The number of rotatable bonds is 6. The summed E-state index contributed by atoms with van der Waals surface area (Å²) in [6, 6.07) is 5.71. The predicted octanol–water partition coefficient (Wildman–Crippen LogP) is 2.34. The molecule has 0 saturated carbocycles. The summed E-state index contributed by atoms with van der Waals surface area (Å²) in [5, 5.41) is 8.89. The van der Waals surface area contributed by atoms with Gasteiger partial charge >= 0.3 is 5.97 Å². The van der Waals surface area contributed by atoms with Crippen molar-refractivity contribution in [3.63, 3.8) is 0 Å². The molecule has 22 heavy (non-hydrogen) atoms. The van der Waals surface area contributed by atoms with Crippen LogP contribution in [0.4, 0.5) is 4.39 Å². The number of carbonyl (C=O) groups is 2. The summed E-state index contributed by atoms with van der Waals surface area (Å²) in [6.07, 6.45) is 1.39. The number of amides is 1. The SMILES string of the molecule is Cl.O=C(O)C1CCN(C(=O)CCCOc2ccc(F)cc2)C1. The van der Waals surface area contributed by atoms with Gasteiger partial charge in [0.05, 0.1) is 12.5 Å². The van der Waals surface area contributed by atoms with Gasteiger partial charge in [-0.25, -0.2) is 4.39 Å². The van der Waals surface area contributed by atoms with Gasteiger partial charge in [-0.05, 0) is 37.1 Å². The molecule has 1 aromatic carbocycles. The van der Waals surface area contributed by atoms with E-state index in [1.807, 2.05) is 0 Å². The van der Waals surface area contributed by atoms with Gasteiger partial charge in [-0.1, -0.05) is 0 Å². The van der Waals surface area contributed by atoms with E-state index in [4.69, 9.17) is 9.84 Å². The van der Waals surface area contributed by atoms with Crippen molar-refractivity contribution in [2.45, 2.75) is 19.3 Å². The number of nitrogens with zero attached hydrogens (tertiary/aromatic N) is 1. The molecule has 0 radical (unpaired) electrons. The maximum Gasteiger partial charge on any atom is 0.308 e. The Morgan fingerprint density at radius 2 is 2.00 bits per heavy atom. The van der Waals surface area contributed by atoms with E-state index >= 15 is 0 Å². The molecule has 0 bridgehead atoms. The van der Waals surface area contributed by atoms with Crippen molar-refractivity contribution in [3.05, 3.63) is 30.1 Å². The first-order chi connectivity index (χ1) is 10.1. The molecule has 1 saturated heterocycles. The van der Waals surface area contributed by atoms with Gasteiger partial charge in [0.15, 0.2) is 0 Å². The molecule has 1 atom stereocenters. The van der Waals surface area contributed by atoms with Gasteiger partial charge < -0.3 is 14.7 Å². The summed E-state index contributed by atoms with van der Waals surface area (Å²) >= 11 is 0. The van der Waals surface area contributed by atoms with Gasteiger partial charge in [0.1, 0.15) is 11.6 Å². The summed E-state index contributed by atoms with van der Waals surface area (Å²) in [5.41, 5.74) is 0. The molecule has 2 rings (SSSR count). The van der Waals surface area contributed by atoms with Crippen LogP contribution in [0.1, 0.15) is 19.3 Å². The highest BCUT2D eigenvalue weighted by Gasteiger charge is 2.30. The molecule has 7 heteroatoms. The molecule has 5 nitrogen and oxygen atoms in total. The van der Waals surface area contributed by atoms with E-state index < -0.39 is 11.9 Å². The molecular formula is C15H19ClFNO4. The lowest BCUT2D eigenvalue weighted by Gasteiger charge is -2.15. The number of likely N-dealkylation sites (tertiary alicyclic amines) is 1. The lowest BCUT2D eigenvalue weighted by Crippen LogP contribution is -2.30. The van der Waals surface area contributed by atoms with Gasteiger partial charge in [-0.3, -0.25) is 9.59 Å². The van der Waals surface area contributed by atoms with Crippen LogP contribution in [0.3, 0.4) is 0 Å².